The Morgan fingerprint density at radius 1 is 1.03 bits per heavy atom. The van der Waals surface area contributed by atoms with Gasteiger partial charge in [0.25, 0.3) is 5.91 Å². The van der Waals surface area contributed by atoms with Gasteiger partial charge in [0, 0.05) is 16.2 Å². The number of carbonyl (C=O) groups excluding carboxylic acids is 2. The number of ether oxygens (including phenoxy) is 2. The number of rotatable bonds is 8. The molecular weight excluding hydrogens is 498 g/mol. The Bertz CT molecular complexity index is 1300. The van der Waals surface area contributed by atoms with Crippen LogP contribution in [0.25, 0.3) is 0 Å². The number of nitrogens with zero attached hydrogens (tertiary/aromatic N) is 2. The number of carbonyl (C=O) groups is 2. The van der Waals surface area contributed by atoms with Crippen molar-refractivity contribution in [1.82, 2.24) is 9.78 Å². The third-order valence-electron chi connectivity index (χ3n) is 5.05. The number of benzene rings is 3. The maximum absolute atomic E-state index is 12.8. The molecule has 1 heterocycles. The first-order chi connectivity index (χ1) is 16.5. The average Bonchev–Trinajstić information content (AvgIpc) is 3.30. The topological polar surface area (TPSA) is 82.5 Å². The fourth-order valence-corrected chi connectivity index (χ4v) is 3.62. The lowest BCUT2D eigenvalue weighted by atomic mass is 10.1. The Hall–Kier alpha value is -3.91. The van der Waals surface area contributed by atoms with Crippen molar-refractivity contribution in [3.05, 3.63) is 112 Å². The second-order valence-electron chi connectivity index (χ2n) is 7.47. The number of nitrogens with one attached hydrogen (secondary N) is 1. The van der Waals surface area contributed by atoms with Crippen molar-refractivity contribution in [1.29, 1.82) is 0 Å². The predicted molar refractivity (Wildman–Crippen MR) is 132 cm³/mol. The second-order valence-corrected chi connectivity index (χ2v) is 8.39. The van der Waals surface area contributed by atoms with E-state index in [0.29, 0.717) is 30.0 Å². The van der Waals surface area contributed by atoms with E-state index < -0.39 is 5.97 Å². The number of amides is 1. The highest BCUT2D eigenvalue weighted by Crippen LogP contribution is 2.18. The maximum Gasteiger partial charge on any atom is 0.338 e. The molecule has 4 rings (SSSR count). The molecule has 8 heteroatoms. The van der Waals surface area contributed by atoms with E-state index >= 15 is 0 Å². The Morgan fingerprint density at radius 2 is 1.82 bits per heavy atom. The van der Waals surface area contributed by atoms with Crippen LogP contribution in [0, 0.1) is 0 Å². The molecule has 34 heavy (non-hydrogen) atoms. The van der Waals surface area contributed by atoms with Crippen LogP contribution in [0.3, 0.4) is 0 Å². The van der Waals surface area contributed by atoms with Gasteiger partial charge in [-0.15, -0.1) is 0 Å². The van der Waals surface area contributed by atoms with E-state index in [1.165, 1.54) is 7.11 Å². The molecule has 0 saturated carbocycles. The van der Waals surface area contributed by atoms with E-state index in [4.69, 9.17) is 9.47 Å². The molecule has 0 fully saturated rings. The molecular formula is C26H22BrN3O4. The molecule has 0 bridgehead atoms. The summed E-state index contributed by atoms with van der Waals surface area (Å²) in [7, 11) is 1.35. The molecule has 0 aliphatic carbocycles. The van der Waals surface area contributed by atoms with Gasteiger partial charge in [0.15, 0.2) is 0 Å². The highest BCUT2D eigenvalue weighted by molar-refractivity contribution is 9.10. The molecule has 7 nitrogen and oxygen atoms in total. The number of hydrogen-bond acceptors (Lipinski definition) is 5. The van der Waals surface area contributed by atoms with Gasteiger partial charge in [0.05, 0.1) is 31.1 Å². The molecule has 1 N–H and O–H groups in total. The van der Waals surface area contributed by atoms with Crippen molar-refractivity contribution < 1.29 is 19.1 Å². The smallest absolute Gasteiger partial charge is 0.338 e. The van der Waals surface area contributed by atoms with E-state index in [0.717, 1.165) is 21.3 Å². The lowest BCUT2D eigenvalue weighted by Crippen LogP contribution is -2.12. The number of hydrogen-bond donors (Lipinski definition) is 1. The minimum Gasteiger partial charge on any atom is -0.489 e. The molecule has 0 spiro atoms. The van der Waals surface area contributed by atoms with Crippen LogP contribution < -0.4 is 10.1 Å². The van der Waals surface area contributed by atoms with Crippen LogP contribution in [0.2, 0.25) is 0 Å². The first-order valence-electron chi connectivity index (χ1n) is 10.5. The molecule has 4 aromatic rings. The fraction of sp³-hybridized carbons (Fsp3) is 0.115. The maximum atomic E-state index is 12.8. The third-order valence-corrected chi connectivity index (χ3v) is 5.58. The molecule has 0 unspecified atom stereocenters. The molecule has 0 radical (unpaired) electrons. The van der Waals surface area contributed by atoms with Crippen LogP contribution in [-0.2, 0) is 17.9 Å². The van der Waals surface area contributed by atoms with Gasteiger partial charge in [-0.1, -0.05) is 46.3 Å². The Labute approximate surface area is 205 Å². The molecule has 172 valence electrons. The average molecular weight is 520 g/mol. The quantitative estimate of drug-likeness (QED) is 0.319. The summed E-state index contributed by atoms with van der Waals surface area (Å²) >= 11 is 3.40. The summed E-state index contributed by atoms with van der Waals surface area (Å²) < 4.78 is 13.3. The van der Waals surface area contributed by atoms with Crippen molar-refractivity contribution in [3.8, 4) is 5.75 Å². The summed E-state index contributed by atoms with van der Waals surface area (Å²) in [6, 6.07) is 22.0. The minimum absolute atomic E-state index is 0.250. The molecule has 3 aromatic carbocycles. The Kier molecular flexibility index (Phi) is 7.39. The monoisotopic (exact) mass is 519 g/mol. The van der Waals surface area contributed by atoms with E-state index in [1.54, 1.807) is 41.3 Å². The SMILES string of the molecule is COC(=O)c1ccccc1Cn1cc(NC(=O)c2cccc(COc3ccc(Br)cc3)c2)cn1. The first-order valence-corrected chi connectivity index (χ1v) is 11.3. The summed E-state index contributed by atoms with van der Waals surface area (Å²) in [6.07, 6.45) is 3.28. The molecule has 1 aromatic heterocycles. The van der Waals surface area contributed by atoms with E-state index in [1.807, 2.05) is 48.5 Å². The van der Waals surface area contributed by atoms with E-state index in [9.17, 15) is 9.59 Å². The van der Waals surface area contributed by atoms with Gasteiger partial charge in [-0.2, -0.15) is 5.10 Å². The van der Waals surface area contributed by atoms with Gasteiger partial charge in [-0.25, -0.2) is 4.79 Å². The van der Waals surface area contributed by atoms with Crippen molar-refractivity contribution in [3.63, 3.8) is 0 Å². The van der Waals surface area contributed by atoms with Crippen molar-refractivity contribution in [2.75, 3.05) is 12.4 Å². The van der Waals surface area contributed by atoms with Gasteiger partial charge in [-0.3, -0.25) is 9.48 Å². The third kappa shape index (κ3) is 5.90. The largest absolute Gasteiger partial charge is 0.489 e. The predicted octanol–water partition coefficient (Wildman–Crippen LogP) is 5.31. The van der Waals surface area contributed by atoms with Crippen LogP contribution in [-0.4, -0.2) is 28.8 Å². The van der Waals surface area contributed by atoms with Crippen LogP contribution in [0.4, 0.5) is 5.69 Å². The number of anilines is 1. The number of aromatic nitrogens is 2. The van der Waals surface area contributed by atoms with E-state index in [2.05, 4.69) is 26.3 Å². The van der Waals surface area contributed by atoms with Crippen LogP contribution >= 0.6 is 15.9 Å². The summed E-state index contributed by atoms with van der Waals surface area (Å²) in [5.41, 5.74) is 3.20. The molecule has 0 saturated heterocycles. The van der Waals surface area contributed by atoms with Gasteiger partial charge in [0.2, 0.25) is 0 Å². The summed E-state index contributed by atoms with van der Waals surface area (Å²) in [6.45, 7) is 0.713. The zero-order valence-electron chi connectivity index (χ0n) is 18.4. The lowest BCUT2D eigenvalue weighted by Gasteiger charge is -2.08. The Balaban J connectivity index is 1.39. The highest BCUT2D eigenvalue weighted by Gasteiger charge is 2.13. The van der Waals surface area contributed by atoms with Gasteiger partial charge in [0.1, 0.15) is 12.4 Å². The minimum atomic E-state index is -0.403. The van der Waals surface area contributed by atoms with E-state index in [-0.39, 0.29) is 5.91 Å². The van der Waals surface area contributed by atoms with Gasteiger partial charge < -0.3 is 14.8 Å². The highest BCUT2D eigenvalue weighted by atomic mass is 79.9. The lowest BCUT2D eigenvalue weighted by molar-refractivity contribution is 0.0599. The molecule has 0 aliphatic heterocycles. The van der Waals surface area contributed by atoms with Crippen LogP contribution in [0.15, 0.2) is 89.7 Å². The number of esters is 1. The standard InChI is InChI=1S/C26H22BrN3O4/c1-33-26(32)24-8-3-2-6-20(24)15-30-16-22(14-28-30)29-25(31)19-7-4-5-18(13-19)17-34-23-11-9-21(27)10-12-23/h2-14,16H,15,17H2,1H3,(H,29,31). The van der Waals surface area contributed by atoms with Gasteiger partial charge >= 0.3 is 5.97 Å². The van der Waals surface area contributed by atoms with Crippen molar-refractivity contribution in [2.45, 2.75) is 13.2 Å². The summed E-state index contributed by atoms with van der Waals surface area (Å²) in [5, 5.41) is 7.16. The second kappa shape index (κ2) is 10.8. The number of halogens is 1. The molecule has 1 amide bonds. The molecule has 0 atom stereocenters. The fourth-order valence-electron chi connectivity index (χ4n) is 3.36. The zero-order valence-corrected chi connectivity index (χ0v) is 20.0. The van der Waals surface area contributed by atoms with Crippen LogP contribution in [0.1, 0.15) is 31.8 Å². The Morgan fingerprint density at radius 3 is 2.62 bits per heavy atom. The van der Waals surface area contributed by atoms with Crippen molar-refractivity contribution >= 4 is 33.5 Å². The summed E-state index contributed by atoms with van der Waals surface area (Å²) in [5.74, 6) is 0.0968. The van der Waals surface area contributed by atoms with Crippen LogP contribution in [0.5, 0.6) is 5.75 Å². The first kappa shape index (κ1) is 23.3. The summed E-state index contributed by atoms with van der Waals surface area (Å²) in [4.78, 5) is 24.8. The normalized spacial score (nSPS) is 10.5. The zero-order chi connectivity index (χ0) is 23.9. The van der Waals surface area contributed by atoms with Gasteiger partial charge in [-0.05, 0) is 53.6 Å². The molecule has 0 aliphatic rings. The van der Waals surface area contributed by atoms with Crippen molar-refractivity contribution in [2.24, 2.45) is 0 Å². The number of methoxy groups -OCH3 is 1.